The second kappa shape index (κ2) is 8.92. The molecule has 1 aliphatic heterocycles. The van der Waals surface area contributed by atoms with E-state index in [0.29, 0.717) is 29.4 Å². The standard InChI is InChI=1S/C25H23NO5/c1-17-25(28)26(2)22-14-19(8-13-24(22)31-17)23(27)16-30-21-11-9-20(10-12-21)29-15-18-6-4-3-5-7-18/h3-14,17H,15-16H2,1-2H3. The van der Waals surface area contributed by atoms with Crippen molar-refractivity contribution >= 4 is 17.4 Å². The molecular formula is C25H23NO5. The van der Waals surface area contributed by atoms with E-state index in [1.165, 1.54) is 4.90 Å². The van der Waals surface area contributed by atoms with E-state index in [4.69, 9.17) is 14.2 Å². The Morgan fingerprint density at radius 1 is 0.968 bits per heavy atom. The molecule has 31 heavy (non-hydrogen) atoms. The Hall–Kier alpha value is -3.80. The summed E-state index contributed by atoms with van der Waals surface area (Å²) in [5.41, 5.74) is 2.12. The van der Waals surface area contributed by atoms with Gasteiger partial charge in [0, 0.05) is 12.6 Å². The number of Topliss-reactive ketones (excluding diaryl/α,β-unsaturated/α-hetero) is 1. The Morgan fingerprint density at radius 2 is 1.65 bits per heavy atom. The van der Waals surface area contributed by atoms with Crippen LogP contribution in [-0.4, -0.2) is 31.4 Å². The lowest BCUT2D eigenvalue weighted by atomic mass is 10.1. The Kier molecular flexibility index (Phi) is 5.89. The predicted octanol–water partition coefficient (Wildman–Crippen LogP) is 4.27. The third kappa shape index (κ3) is 4.69. The van der Waals surface area contributed by atoms with Gasteiger partial charge in [0.25, 0.3) is 5.91 Å². The summed E-state index contributed by atoms with van der Waals surface area (Å²) < 4.78 is 17.0. The summed E-state index contributed by atoms with van der Waals surface area (Å²) in [5.74, 6) is 1.54. The summed E-state index contributed by atoms with van der Waals surface area (Å²) >= 11 is 0. The maximum Gasteiger partial charge on any atom is 0.267 e. The first-order valence-corrected chi connectivity index (χ1v) is 10.0. The maximum absolute atomic E-state index is 12.6. The minimum atomic E-state index is -0.540. The Balaban J connectivity index is 1.34. The van der Waals surface area contributed by atoms with Crippen LogP contribution in [0.3, 0.4) is 0 Å². The van der Waals surface area contributed by atoms with Gasteiger partial charge in [0.05, 0.1) is 5.69 Å². The first kappa shape index (κ1) is 20.5. The first-order valence-electron chi connectivity index (χ1n) is 10.0. The van der Waals surface area contributed by atoms with Gasteiger partial charge in [0.2, 0.25) is 0 Å². The first-order chi connectivity index (χ1) is 15.0. The van der Waals surface area contributed by atoms with E-state index in [9.17, 15) is 9.59 Å². The molecule has 0 aromatic heterocycles. The van der Waals surface area contributed by atoms with Crippen molar-refractivity contribution in [1.29, 1.82) is 0 Å². The fourth-order valence-electron chi connectivity index (χ4n) is 3.29. The number of anilines is 1. The summed E-state index contributed by atoms with van der Waals surface area (Å²) in [6.45, 7) is 2.07. The second-order valence-corrected chi connectivity index (χ2v) is 7.30. The van der Waals surface area contributed by atoms with Gasteiger partial charge in [-0.25, -0.2) is 0 Å². The van der Waals surface area contributed by atoms with Crippen LogP contribution in [0.4, 0.5) is 5.69 Å². The van der Waals surface area contributed by atoms with Crippen molar-refractivity contribution in [3.63, 3.8) is 0 Å². The number of benzene rings is 3. The average molecular weight is 417 g/mol. The lowest BCUT2D eigenvalue weighted by molar-refractivity contribution is -0.125. The van der Waals surface area contributed by atoms with Crippen LogP contribution >= 0.6 is 0 Å². The molecular weight excluding hydrogens is 394 g/mol. The largest absolute Gasteiger partial charge is 0.489 e. The molecule has 4 rings (SSSR count). The molecule has 0 aliphatic carbocycles. The molecule has 3 aromatic carbocycles. The molecule has 0 spiro atoms. The van der Waals surface area contributed by atoms with Gasteiger partial charge in [-0.3, -0.25) is 9.59 Å². The van der Waals surface area contributed by atoms with Gasteiger partial charge >= 0.3 is 0 Å². The van der Waals surface area contributed by atoms with E-state index < -0.39 is 6.10 Å². The number of carbonyl (C=O) groups excluding carboxylic acids is 2. The van der Waals surface area contributed by atoms with Crippen molar-refractivity contribution < 1.29 is 23.8 Å². The number of rotatable bonds is 7. The summed E-state index contributed by atoms with van der Waals surface area (Å²) in [7, 11) is 1.67. The van der Waals surface area contributed by atoms with E-state index in [1.54, 1.807) is 56.4 Å². The van der Waals surface area contributed by atoms with E-state index in [1.807, 2.05) is 30.3 Å². The molecule has 0 N–H and O–H groups in total. The van der Waals surface area contributed by atoms with Crippen LogP contribution in [0.5, 0.6) is 17.2 Å². The molecule has 0 saturated carbocycles. The van der Waals surface area contributed by atoms with Crippen molar-refractivity contribution in [3.8, 4) is 17.2 Å². The minimum absolute atomic E-state index is 0.113. The van der Waals surface area contributed by atoms with Crippen molar-refractivity contribution in [2.75, 3.05) is 18.6 Å². The van der Waals surface area contributed by atoms with Crippen LogP contribution < -0.4 is 19.1 Å². The molecule has 158 valence electrons. The normalized spacial score (nSPS) is 15.1. The van der Waals surface area contributed by atoms with Crippen LogP contribution in [0.25, 0.3) is 0 Å². The number of likely N-dealkylation sites (N-methyl/N-ethyl adjacent to an activating group) is 1. The number of hydrogen-bond acceptors (Lipinski definition) is 5. The minimum Gasteiger partial charge on any atom is -0.489 e. The highest BCUT2D eigenvalue weighted by molar-refractivity contribution is 6.03. The van der Waals surface area contributed by atoms with Crippen LogP contribution in [-0.2, 0) is 11.4 Å². The van der Waals surface area contributed by atoms with Gasteiger partial charge in [-0.1, -0.05) is 30.3 Å². The van der Waals surface area contributed by atoms with Gasteiger partial charge in [-0.05, 0) is 55.0 Å². The highest BCUT2D eigenvalue weighted by Crippen LogP contribution is 2.34. The number of ether oxygens (including phenoxy) is 3. The molecule has 0 saturated heterocycles. The van der Waals surface area contributed by atoms with Crippen LogP contribution in [0.2, 0.25) is 0 Å². The quantitative estimate of drug-likeness (QED) is 0.537. The molecule has 6 heteroatoms. The number of carbonyl (C=O) groups is 2. The van der Waals surface area contributed by atoms with Crippen molar-refractivity contribution in [3.05, 3.63) is 83.9 Å². The van der Waals surface area contributed by atoms with Crippen LogP contribution in [0.15, 0.2) is 72.8 Å². The number of fused-ring (bicyclic) bond motifs is 1. The number of amides is 1. The Bertz CT molecular complexity index is 1080. The van der Waals surface area contributed by atoms with Crippen LogP contribution in [0.1, 0.15) is 22.8 Å². The van der Waals surface area contributed by atoms with Gasteiger partial charge in [0.15, 0.2) is 18.5 Å². The lowest BCUT2D eigenvalue weighted by Crippen LogP contribution is -2.42. The van der Waals surface area contributed by atoms with Crippen molar-refractivity contribution in [2.24, 2.45) is 0 Å². The SMILES string of the molecule is CC1Oc2ccc(C(=O)COc3ccc(OCc4ccccc4)cc3)cc2N(C)C1=O. The summed E-state index contributed by atoms with van der Waals surface area (Å²) in [6.07, 6.45) is -0.540. The fraction of sp³-hybridized carbons (Fsp3) is 0.200. The molecule has 1 unspecified atom stereocenters. The maximum atomic E-state index is 12.6. The van der Waals surface area contributed by atoms with E-state index in [0.717, 1.165) is 11.3 Å². The van der Waals surface area contributed by atoms with Gasteiger partial charge in [0.1, 0.15) is 23.9 Å². The lowest BCUT2D eigenvalue weighted by Gasteiger charge is -2.30. The molecule has 1 aliphatic rings. The third-order valence-electron chi connectivity index (χ3n) is 5.07. The molecule has 0 radical (unpaired) electrons. The van der Waals surface area contributed by atoms with Gasteiger partial charge < -0.3 is 19.1 Å². The molecule has 1 amide bonds. The molecule has 1 atom stereocenters. The molecule has 6 nitrogen and oxygen atoms in total. The number of ketones is 1. The highest BCUT2D eigenvalue weighted by Gasteiger charge is 2.29. The van der Waals surface area contributed by atoms with E-state index in [-0.39, 0.29) is 18.3 Å². The zero-order valence-corrected chi connectivity index (χ0v) is 17.4. The number of nitrogens with zero attached hydrogens (tertiary/aromatic N) is 1. The van der Waals surface area contributed by atoms with Crippen molar-refractivity contribution in [2.45, 2.75) is 19.6 Å². The average Bonchev–Trinajstić information content (AvgIpc) is 2.81. The molecule has 1 heterocycles. The zero-order valence-electron chi connectivity index (χ0n) is 17.4. The Labute approximate surface area is 181 Å². The molecule has 0 fully saturated rings. The van der Waals surface area contributed by atoms with E-state index in [2.05, 4.69) is 0 Å². The van der Waals surface area contributed by atoms with E-state index >= 15 is 0 Å². The monoisotopic (exact) mass is 417 g/mol. The summed E-state index contributed by atoms with van der Waals surface area (Å²) in [6, 6.07) is 22.1. The molecule has 0 bridgehead atoms. The Morgan fingerprint density at radius 3 is 2.35 bits per heavy atom. The fourth-order valence-corrected chi connectivity index (χ4v) is 3.29. The zero-order chi connectivity index (χ0) is 21.8. The summed E-state index contributed by atoms with van der Waals surface area (Å²) in [4.78, 5) is 26.2. The predicted molar refractivity (Wildman–Crippen MR) is 117 cm³/mol. The van der Waals surface area contributed by atoms with Gasteiger partial charge in [-0.2, -0.15) is 0 Å². The second-order valence-electron chi connectivity index (χ2n) is 7.30. The van der Waals surface area contributed by atoms with Crippen molar-refractivity contribution in [1.82, 2.24) is 0 Å². The number of hydrogen-bond donors (Lipinski definition) is 0. The van der Waals surface area contributed by atoms with Crippen LogP contribution in [0, 0.1) is 0 Å². The smallest absolute Gasteiger partial charge is 0.267 e. The molecule has 3 aromatic rings. The topological polar surface area (TPSA) is 65.1 Å². The van der Waals surface area contributed by atoms with Gasteiger partial charge in [-0.15, -0.1) is 0 Å². The summed E-state index contributed by atoms with van der Waals surface area (Å²) in [5, 5.41) is 0. The third-order valence-corrected chi connectivity index (χ3v) is 5.07. The highest BCUT2D eigenvalue weighted by atomic mass is 16.5.